The van der Waals surface area contributed by atoms with Crippen molar-refractivity contribution in [2.75, 3.05) is 6.61 Å². The Morgan fingerprint density at radius 3 is 2.41 bits per heavy atom. The maximum absolute atomic E-state index is 11.5. The van der Waals surface area contributed by atoms with Gasteiger partial charge in [-0.25, -0.2) is 0 Å². The van der Waals surface area contributed by atoms with E-state index >= 15 is 0 Å². The zero-order valence-electron chi connectivity index (χ0n) is 10.8. The molecule has 17 heavy (non-hydrogen) atoms. The second-order valence-electron chi connectivity index (χ2n) is 5.32. The van der Waals surface area contributed by atoms with Crippen LogP contribution in [0.2, 0.25) is 0 Å². The number of ether oxygens (including phenoxy) is 1. The van der Waals surface area contributed by atoms with Crippen molar-refractivity contribution in [3.63, 3.8) is 0 Å². The van der Waals surface area contributed by atoms with Gasteiger partial charge in [-0.15, -0.1) is 0 Å². The van der Waals surface area contributed by atoms with E-state index in [0.717, 1.165) is 18.8 Å². The van der Waals surface area contributed by atoms with Gasteiger partial charge in [-0.3, -0.25) is 4.79 Å². The maximum atomic E-state index is 11.5. The van der Waals surface area contributed by atoms with Gasteiger partial charge in [0.05, 0.1) is 6.61 Å². The second kappa shape index (κ2) is 4.52. The lowest BCUT2D eigenvalue weighted by Crippen LogP contribution is -2.43. The average Bonchev–Trinajstić information content (AvgIpc) is 2.34. The molecule has 0 aromatic heterocycles. The molecule has 1 aliphatic carbocycles. The summed E-state index contributed by atoms with van der Waals surface area (Å²) in [6.45, 7) is 6.92. The fraction of sp³-hybridized carbons (Fsp3) is 0.533. The number of hydrogen-bond acceptors (Lipinski definition) is 2. The maximum Gasteiger partial charge on any atom is 0.139 e. The molecule has 0 saturated heterocycles. The van der Waals surface area contributed by atoms with Crippen LogP contribution < -0.4 is 4.74 Å². The molecule has 0 amide bonds. The number of ketones is 1. The monoisotopic (exact) mass is 232 g/mol. The van der Waals surface area contributed by atoms with Gasteiger partial charge in [-0.05, 0) is 24.1 Å². The first-order valence-electron chi connectivity index (χ1n) is 6.31. The van der Waals surface area contributed by atoms with Crippen molar-refractivity contribution in [1.29, 1.82) is 0 Å². The average molecular weight is 232 g/mol. The van der Waals surface area contributed by atoms with E-state index < -0.39 is 0 Å². The van der Waals surface area contributed by atoms with Gasteiger partial charge in [0.1, 0.15) is 11.5 Å². The van der Waals surface area contributed by atoms with E-state index in [1.165, 1.54) is 5.56 Å². The van der Waals surface area contributed by atoms with E-state index in [1.807, 2.05) is 26.0 Å². The molecule has 2 nitrogen and oxygen atoms in total. The second-order valence-corrected chi connectivity index (χ2v) is 5.32. The normalized spacial score (nSPS) is 22.1. The number of carbonyl (C=O) groups is 1. The molecule has 1 saturated carbocycles. The summed E-state index contributed by atoms with van der Waals surface area (Å²) in [5, 5.41) is 0. The summed E-state index contributed by atoms with van der Waals surface area (Å²) in [6, 6.07) is 8.18. The molecule has 1 unspecified atom stereocenters. The van der Waals surface area contributed by atoms with Crippen LogP contribution in [-0.4, -0.2) is 12.4 Å². The minimum Gasteiger partial charge on any atom is -0.494 e. The summed E-state index contributed by atoms with van der Waals surface area (Å²) in [6.07, 6.45) is 1.70. The van der Waals surface area contributed by atoms with Gasteiger partial charge in [0.25, 0.3) is 0 Å². The number of carbonyl (C=O) groups excluding carboxylic acids is 1. The van der Waals surface area contributed by atoms with Crippen LogP contribution in [0.15, 0.2) is 24.3 Å². The Balaban J connectivity index is 2.06. The summed E-state index contributed by atoms with van der Waals surface area (Å²) >= 11 is 0. The molecule has 0 N–H and O–H groups in total. The van der Waals surface area contributed by atoms with Gasteiger partial charge in [0.2, 0.25) is 0 Å². The molecule has 1 atom stereocenters. The fourth-order valence-corrected chi connectivity index (χ4v) is 2.32. The quantitative estimate of drug-likeness (QED) is 0.793. The van der Waals surface area contributed by atoms with Crippen molar-refractivity contribution in [3.05, 3.63) is 29.8 Å². The Hall–Kier alpha value is -1.31. The van der Waals surface area contributed by atoms with Gasteiger partial charge in [0, 0.05) is 17.8 Å². The zero-order chi connectivity index (χ0) is 12.5. The first-order chi connectivity index (χ1) is 8.05. The summed E-state index contributed by atoms with van der Waals surface area (Å²) in [5.74, 6) is 1.66. The smallest absolute Gasteiger partial charge is 0.139 e. The molecule has 1 fully saturated rings. The van der Waals surface area contributed by atoms with Crippen LogP contribution in [0.25, 0.3) is 0 Å². The molecule has 0 radical (unpaired) electrons. The largest absolute Gasteiger partial charge is 0.494 e. The molecule has 2 heteroatoms. The minimum absolute atomic E-state index is 0.189. The molecular weight excluding hydrogens is 212 g/mol. The lowest BCUT2D eigenvalue weighted by atomic mass is 9.59. The van der Waals surface area contributed by atoms with E-state index in [9.17, 15) is 4.79 Å². The summed E-state index contributed by atoms with van der Waals surface area (Å²) in [4.78, 5) is 11.5. The van der Waals surface area contributed by atoms with Crippen LogP contribution in [-0.2, 0) is 4.79 Å². The van der Waals surface area contributed by atoms with Crippen molar-refractivity contribution in [1.82, 2.24) is 0 Å². The molecule has 1 aromatic rings. The molecule has 2 rings (SSSR count). The lowest BCUT2D eigenvalue weighted by Gasteiger charge is -2.42. The highest BCUT2D eigenvalue weighted by molar-refractivity contribution is 5.92. The topological polar surface area (TPSA) is 26.3 Å². The Labute approximate surface area is 103 Å². The predicted molar refractivity (Wildman–Crippen MR) is 68.4 cm³/mol. The summed E-state index contributed by atoms with van der Waals surface area (Å²) in [5.41, 5.74) is 1.06. The van der Waals surface area contributed by atoms with E-state index in [2.05, 4.69) is 19.1 Å². The zero-order valence-corrected chi connectivity index (χ0v) is 10.8. The molecule has 1 aromatic carbocycles. The highest BCUT2D eigenvalue weighted by atomic mass is 16.5. The van der Waals surface area contributed by atoms with E-state index in [0.29, 0.717) is 18.1 Å². The van der Waals surface area contributed by atoms with Gasteiger partial charge in [0.15, 0.2) is 0 Å². The van der Waals surface area contributed by atoms with Crippen molar-refractivity contribution in [2.45, 2.75) is 39.5 Å². The third kappa shape index (κ3) is 2.21. The molecule has 0 bridgehead atoms. The van der Waals surface area contributed by atoms with Gasteiger partial charge < -0.3 is 4.74 Å². The number of benzene rings is 1. The van der Waals surface area contributed by atoms with Crippen LogP contribution in [0.5, 0.6) is 5.75 Å². The molecule has 0 heterocycles. The standard InChI is InChI=1S/C15H20O2/c1-4-9-17-12-7-5-11(6-8-12)13-10-14(16)15(13,2)3/h5-8,13H,4,9-10H2,1-3H3. The number of Topliss-reactive ketones (excluding diaryl/α,β-unsaturated/α-hetero) is 1. The SMILES string of the molecule is CCCOc1ccc(C2CC(=O)C2(C)C)cc1. The first-order valence-corrected chi connectivity index (χ1v) is 6.31. The van der Waals surface area contributed by atoms with E-state index in [4.69, 9.17) is 4.74 Å². The molecular formula is C15H20O2. The molecule has 92 valence electrons. The molecule has 0 aliphatic heterocycles. The Kier molecular flexibility index (Phi) is 3.23. The Morgan fingerprint density at radius 2 is 1.94 bits per heavy atom. The Bertz CT molecular complexity index is 403. The van der Waals surface area contributed by atoms with Crippen LogP contribution in [0.3, 0.4) is 0 Å². The summed E-state index contributed by atoms with van der Waals surface area (Å²) in [7, 11) is 0. The van der Waals surface area contributed by atoms with Crippen LogP contribution in [0.1, 0.15) is 45.1 Å². The van der Waals surface area contributed by atoms with Crippen LogP contribution >= 0.6 is 0 Å². The van der Waals surface area contributed by atoms with Crippen molar-refractivity contribution < 1.29 is 9.53 Å². The van der Waals surface area contributed by atoms with Crippen LogP contribution in [0.4, 0.5) is 0 Å². The first kappa shape index (κ1) is 12.2. The third-order valence-electron chi connectivity index (χ3n) is 3.73. The fourth-order valence-electron chi connectivity index (χ4n) is 2.32. The van der Waals surface area contributed by atoms with Crippen molar-refractivity contribution in [3.8, 4) is 5.75 Å². The van der Waals surface area contributed by atoms with Gasteiger partial charge in [-0.2, -0.15) is 0 Å². The summed E-state index contributed by atoms with van der Waals surface area (Å²) < 4.78 is 5.55. The Morgan fingerprint density at radius 1 is 1.29 bits per heavy atom. The van der Waals surface area contributed by atoms with Gasteiger partial charge in [-0.1, -0.05) is 32.9 Å². The highest BCUT2D eigenvalue weighted by Gasteiger charge is 2.47. The highest BCUT2D eigenvalue weighted by Crippen LogP contribution is 2.49. The van der Waals surface area contributed by atoms with Crippen LogP contribution in [0, 0.1) is 5.41 Å². The number of rotatable bonds is 4. The molecule has 0 spiro atoms. The van der Waals surface area contributed by atoms with Crippen molar-refractivity contribution in [2.24, 2.45) is 5.41 Å². The minimum atomic E-state index is -0.189. The van der Waals surface area contributed by atoms with Crippen molar-refractivity contribution >= 4 is 5.78 Å². The molecule has 1 aliphatic rings. The lowest BCUT2D eigenvalue weighted by molar-refractivity contribution is -0.137. The number of hydrogen-bond donors (Lipinski definition) is 0. The van der Waals surface area contributed by atoms with Gasteiger partial charge >= 0.3 is 0 Å². The predicted octanol–water partition coefficient (Wildman–Crippen LogP) is 3.56. The van der Waals surface area contributed by atoms with E-state index in [-0.39, 0.29) is 5.41 Å². The third-order valence-corrected chi connectivity index (χ3v) is 3.73. The van der Waals surface area contributed by atoms with E-state index in [1.54, 1.807) is 0 Å².